The van der Waals surface area contributed by atoms with E-state index in [0.29, 0.717) is 22.9 Å². The van der Waals surface area contributed by atoms with Gasteiger partial charge in [-0.2, -0.15) is 0 Å². The van der Waals surface area contributed by atoms with E-state index in [0.717, 1.165) is 24.2 Å². The third-order valence-corrected chi connectivity index (χ3v) is 3.41. The molecule has 0 atom stereocenters. The van der Waals surface area contributed by atoms with E-state index in [9.17, 15) is 4.79 Å². The van der Waals surface area contributed by atoms with Gasteiger partial charge in [-0.3, -0.25) is 4.79 Å². The number of pyridine rings is 1. The predicted molar refractivity (Wildman–Crippen MR) is 90.3 cm³/mol. The van der Waals surface area contributed by atoms with Gasteiger partial charge in [0.25, 0.3) is 0 Å². The van der Waals surface area contributed by atoms with Crippen molar-refractivity contribution in [2.24, 2.45) is 5.73 Å². The number of rotatable bonds is 7. The van der Waals surface area contributed by atoms with Gasteiger partial charge in [-0.25, -0.2) is 4.98 Å². The van der Waals surface area contributed by atoms with Crippen LogP contribution >= 0.6 is 11.6 Å². The summed E-state index contributed by atoms with van der Waals surface area (Å²) in [5, 5.41) is 6.84. The summed E-state index contributed by atoms with van der Waals surface area (Å²) in [6, 6.07) is 9.67. The fourth-order valence-electron chi connectivity index (χ4n) is 1.90. The highest BCUT2D eigenvalue weighted by molar-refractivity contribution is 6.33. The van der Waals surface area contributed by atoms with E-state index in [-0.39, 0.29) is 0 Å². The van der Waals surface area contributed by atoms with Gasteiger partial charge in [0.1, 0.15) is 5.82 Å². The summed E-state index contributed by atoms with van der Waals surface area (Å²) in [6.45, 7) is 3.69. The Bertz CT molecular complexity index is 643. The number of nitrogens with one attached hydrogen (secondary N) is 2. The number of primary amides is 1. The fraction of sp³-hybridized carbons (Fsp3) is 0.250. The summed E-state index contributed by atoms with van der Waals surface area (Å²) in [5.41, 5.74) is 7.69. The number of carbonyl (C=O) groups is 1. The van der Waals surface area contributed by atoms with Gasteiger partial charge < -0.3 is 16.4 Å². The number of aromatic nitrogens is 1. The van der Waals surface area contributed by atoms with Crippen LogP contribution in [0.3, 0.4) is 0 Å². The summed E-state index contributed by atoms with van der Waals surface area (Å²) < 4.78 is 0. The van der Waals surface area contributed by atoms with Crippen LogP contribution in [0.25, 0.3) is 0 Å². The molecule has 6 heteroatoms. The number of hydrogen-bond donors (Lipinski definition) is 3. The lowest BCUT2D eigenvalue weighted by molar-refractivity contribution is 0.1000. The van der Waals surface area contributed by atoms with Crippen molar-refractivity contribution < 1.29 is 4.79 Å². The van der Waals surface area contributed by atoms with Crippen LogP contribution in [0.15, 0.2) is 36.5 Å². The van der Waals surface area contributed by atoms with Gasteiger partial charge in [0.2, 0.25) is 5.91 Å². The van der Waals surface area contributed by atoms with Crippen molar-refractivity contribution in [3.63, 3.8) is 0 Å². The zero-order valence-corrected chi connectivity index (χ0v) is 13.2. The molecule has 0 spiro atoms. The Morgan fingerprint density at radius 1 is 1.27 bits per heavy atom. The summed E-state index contributed by atoms with van der Waals surface area (Å²) >= 11 is 6.08. The lowest BCUT2D eigenvalue weighted by Gasteiger charge is -2.09. The minimum atomic E-state index is -0.545. The smallest absolute Gasteiger partial charge is 0.250 e. The van der Waals surface area contributed by atoms with Crippen molar-refractivity contribution in [1.82, 2.24) is 4.98 Å². The van der Waals surface area contributed by atoms with E-state index in [2.05, 4.69) is 22.5 Å². The number of anilines is 2. The summed E-state index contributed by atoms with van der Waals surface area (Å²) in [7, 11) is 0. The van der Waals surface area contributed by atoms with Crippen LogP contribution in [0.1, 0.15) is 29.3 Å². The van der Waals surface area contributed by atoms with E-state index in [4.69, 9.17) is 17.3 Å². The van der Waals surface area contributed by atoms with Crippen LogP contribution in [-0.4, -0.2) is 17.4 Å². The van der Waals surface area contributed by atoms with Crippen LogP contribution in [0.4, 0.5) is 11.5 Å². The number of nitrogens with zero attached hydrogens (tertiary/aromatic N) is 1. The first-order valence-corrected chi connectivity index (χ1v) is 7.50. The third-order valence-electron chi connectivity index (χ3n) is 3.12. The number of carbonyl (C=O) groups excluding carboxylic acids is 1. The minimum Gasteiger partial charge on any atom is -0.385 e. The van der Waals surface area contributed by atoms with Crippen LogP contribution in [0.2, 0.25) is 5.02 Å². The average molecular weight is 319 g/mol. The van der Waals surface area contributed by atoms with E-state index < -0.39 is 5.91 Å². The van der Waals surface area contributed by atoms with Gasteiger partial charge in [0.05, 0.1) is 10.6 Å². The molecule has 2 rings (SSSR count). The van der Waals surface area contributed by atoms with Gasteiger partial charge in [-0.15, -0.1) is 0 Å². The zero-order valence-electron chi connectivity index (χ0n) is 12.4. The Labute approximate surface area is 134 Å². The van der Waals surface area contributed by atoms with E-state index in [1.54, 1.807) is 0 Å². The van der Waals surface area contributed by atoms with E-state index >= 15 is 0 Å². The van der Waals surface area contributed by atoms with Gasteiger partial charge >= 0.3 is 0 Å². The van der Waals surface area contributed by atoms with Crippen molar-refractivity contribution in [2.75, 3.05) is 17.2 Å². The second-order valence-electron chi connectivity index (χ2n) is 4.90. The highest BCUT2D eigenvalue weighted by atomic mass is 35.5. The Morgan fingerprint density at radius 3 is 2.59 bits per heavy atom. The Kier molecular flexibility index (Phi) is 5.61. The quantitative estimate of drug-likeness (QED) is 0.732. The SMILES string of the molecule is CCCNc1ccc(CNc2ncc(C(N)=O)cc2Cl)cc1. The molecule has 22 heavy (non-hydrogen) atoms. The van der Waals surface area contributed by atoms with Crippen molar-refractivity contribution >= 4 is 29.0 Å². The Balaban J connectivity index is 1.96. The fourth-order valence-corrected chi connectivity index (χ4v) is 2.13. The van der Waals surface area contributed by atoms with Crippen LogP contribution in [0.5, 0.6) is 0 Å². The standard InChI is InChI=1S/C16H19ClN4O/c1-2-7-19-13-5-3-11(4-6-13)9-20-16-14(17)8-12(10-21-16)15(18)22/h3-6,8,10,19H,2,7,9H2,1H3,(H2,18,22)(H,20,21). The molecule has 0 aliphatic carbocycles. The topological polar surface area (TPSA) is 80.0 Å². The third kappa shape index (κ3) is 4.36. The average Bonchev–Trinajstić information content (AvgIpc) is 2.52. The minimum absolute atomic E-state index is 0.293. The summed E-state index contributed by atoms with van der Waals surface area (Å²) in [4.78, 5) is 15.2. The maximum absolute atomic E-state index is 11.0. The first-order valence-electron chi connectivity index (χ1n) is 7.12. The molecule has 0 aliphatic rings. The second kappa shape index (κ2) is 7.66. The van der Waals surface area contributed by atoms with Crippen molar-refractivity contribution in [3.05, 3.63) is 52.7 Å². The molecule has 4 N–H and O–H groups in total. The molecule has 0 saturated heterocycles. The molecule has 116 valence electrons. The summed E-state index contributed by atoms with van der Waals surface area (Å²) in [6.07, 6.45) is 2.50. The Morgan fingerprint density at radius 2 is 2.00 bits per heavy atom. The van der Waals surface area contributed by atoms with Crippen molar-refractivity contribution in [2.45, 2.75) is 19.9 Å². The molecule has 0 radical (unpaired) electrons. The highest BCUT2D eigenvalue weighted by Gasteiger charge is 2.07. The maximum Gasteiger partial charge on any atom is 0.250 e. The molecule has 0 fully saturated rings. The second-order valence-corrected chi connectivity index (χ2v) is 5.30. The molecular weight excluding hydrogens is 300 g/mol. The Hall–Kier alpha value is -2.27. The van der Waals surface area contributed by atoms with Crippen molar-refractivity contribution in [1.29, 1.82) is 0 Å². The molecule has 5 nitrogen and oxygen atoms in total. The van der Waals surface area contributed by atoms with Gasteiger partial charge in [-0.1, -0.05) is 30.7 Å². The molecule has 0 saturated carbocycles. The summed E-state index contributed by atoms with van der Waals surface area (Å²) in [5.74, 6) is -0.0176. The monoisotopic (exact) mass is 318 g/mol. The molecule has 1 aromatic carbocycles. The largest absolute Gasteiger partial charge is 0.385 e. The number of amides is 1. The normalized spacial score (nSPS) is 10.3. The van der Waals surface area contributed by atoms with Gasteiger partial charge in [0.15, 0.2) is 0 Å². The number of nitrogens with two attached hydrogens (primary N) is 1. The molecule has 1 heterocycles. The number of halogens is 1. The molecule has 1 aromatic heterocycles. The van der Waals surface area contributed by atoms with E-state index in [1.165, 1.54) is 12.3 Å². The molecule has 0 bridgehead atoms. The first-order chi connectivity index (χ1) is 10.6. The molecule has 1 amide bonds. The molecule has 0 unspecified atom stereocenters. The van der Waals surface area contributed by atoms with Crippen LogP contribution in [-0.2, 0) is 6.54 Å². The van der Waals surface area contributed by atoms with Crippen LogP contribution in [0, 0.1) is 0 Å². The first kappa shape index (κ1) is 16.1. The maximum atomic E-state index is 11.0. The number of benzene rings is 1. The van der Waals surface area contributed by atoms with Gasteiger partial charge in [0, 0.05) is 25.0 Å². The molecule has 0 aliphatic heterocycles. The predicted octanol–water partition coefficient (Wildman–Crippen LogP) is 3.27. The van der Waals surface area contributed by atoms with Gasteiger partial charge in [-0.05, 0) is 30.2 Å². The molecular formula is C16H19ClN4O. The molecule has 2 aromatic rings. The number of hydrogen-bond acceptors (Lipinski definition) is 4. The van der Waals surface area contributed by atoms with E-state index in [1.807, 2.05) is 24.3 Å². The zero-order chi connectivity index (χ0) is 15.9. The van der Waals surface area contributed by atoms with Crippen LogP contribution < -0.4 is 16.4 Å². The lowest BCUT2D eigenvalue weighted by atomic mass is 10.2. The van der Waals surface area contributed by atoms with Crippen molar-refractivity contribution in [3.8, 4) is 0 Å². The highest BCUT2D eigenvalue weighted by Crippen LogP contribution is 2.21. The lowest BCUT2D eigenvalue weighted by Crippen LogP contribution is -2.12.